The van der Waals surface area contributed by atoms with E-state index in [1.807, 2.05) is 36.4 Å². The van der Waals surface area contributed by atoms with E-state index in [0.717, 1.165) is 43.2 Å². The number of hydrogen-bond donors (Lipinski definition) is 0. The molecule has 0 radical (unpaired) electrons. The molecule has 118 valence electrons. The number of hydrogen-bond acceptors (Lipinski definition) is 4. The van der Waals surface area contributed by atoms with Crippen molar-refractivity contribution in [2.75, 3.05) is 31.1 Å². The van der Waals surface area contributed by atoms with E-state index in [0.29, 0.717) is 12.2 Å². The molecule has 1 aromatic heterocycles. The zero-order valence-corrected chi connectivity index (χ0v) is 12.8. The third-order valence-electron chi connectivity index (χ3n) is 4.26. The maximum absolute atomic E-state index is 13.9. The highest BCUT2D eigenvalue weighted by atomic mass is 19.1. The Bertz CT molecular complexity index is 776. The summed E-state index contributed by atoms with van der Waals surface area (Å²) in [6.45, 7) is 4.04. The number of aromatic nitrogens is 1. The van der Waals surface area contributed by atoms with Crippen molar-refractivity contribution in [2.24, 2.45) is 0 Å². The molecule has 4 nitrogen and oxygen atoms in total. The average molecular weight is 311 g/mol. The first-order valence-electron chi connectivity index (χ1n) is 7.86. The van der Waals surface area contributed by atoms with Crippen molar-refractivity contribution in [3.05, 3.63) is 60.2 Å². The van der Waals surface area contributed by atoms with Crippen molar-refractivity contribution in [3.8, 4) is 0 Å². The number of rotatable bonds is 3. The van der Waals surface area contributed by atoms with Gasteiger partial charge in [-0.1, -0.05) is 24.3 Å². The third-order valence-corrected chi connectivity index (χ3v) is 4.26. The van der Waals surface area contributed by atoms with E-state index in [-0.39, 0.29) is 5.82 Å². The summed E-state index contributed by atoms with van der Waals surface area (Å²) in [4.78, 5) is 8.91. The lowest BCUT2D eigenvalue weighted by Crippen LogP contribution is -2.46. The van der Waals surface area contributed by atoms with Crippen LogP contribution in [0, 0.1) is 5.82 Å². The zero-order valence-electron chi connectivity index (χ0n) is 12.8. The number of para-hydroxylation sites is 3. The highest BCUT2D eigenvalue weighted by Crippen LogP contribution is 2.21. The van der Waals surface area contributed by atoms with Gasteiger partial charge in [-0.05, 0) is 24.3 Å². The normalized spacial score (nSPS) is 16.1. The molecule has 4 rings (SSSR count). The predicted molar refractivity (Wildman–Crippen MR) is 87.9 cm³/mol. The second-order valence-corrected chi connectivity index (χ2v) is 5.79. The number of fused-ring (bicyclic) bond motifs is 1. The summed E-state index contributed by atoms with van der Waals surface area (Å²) in [6.07, 6.45) is 0. The van der Waals surface area contributed by atoms with E-state index >= 15 is 0 Å². The Morgan fingerprint density at radius 2 is 1.70 bits per heavy atom. The van der Waals surface area contributed by atoms with Crippen LogP contribution in [-0.4, -0.2) is 36.1 Å². The Hall–Kier alpha value is -2.40. The summed E-state index contributed by atoms with van der Waals surface area (Å²) < 4.78 is 19.6. The monoisotopic (exact) mass is 311 g/mol. The summed E-state index contributed by atoms with van der Waals surface area (Å²) >= 11 is 0. The average Bonchev–Trinajstić information content (AvgIpc) is 2.98. The molecule has 0 atom stereocenters. The van der Waals surface area contributed by atoms with Gasteiger partial charge in [0.1, 0.15) is 11.3 Å². The van der Waals surface area contributed by atoms with E-state index in [1.54, 1.807) is 6.07 Å². The summed E-state index contributed by atoms with van der Waals surface area (Å²) in [5.41, 5.74) is 2.41. The van der Waals surface area contributed by atoms with Crippen molar-refractivity contribution >= 4 is 16.8 Å². The van der Waals surface area contributed by atoms with Crippen LogP contribution in [0.1, 0.15) is 5.89 Å². The third kappa shape index (κ3) is 2.92. The molecule has 0 N–H and O–H groups in total. The van der Waals surface area contributed by atoms with Crippen LogP contribution in [0.25, 0.3) is 11.1 Å². The minimum Gasteiger partial charge on any atom is -0.439 e. The second kappa shape index (κ2) is 6.01. The van der Waals surface area contributed by atoms with E-state index in [4.69, 9.17) is 4.42 Å². The van der Waals surface area contributed by atoms with Gasteiger partial charge in [0.05, 0.1) is 12.2 Å². The van der Waals surface area contributed by atoms with Crippen LogP contribution >= 0.6 is 0 Å². The fourth-order valence-electron chi connectivity index (χ4n) is 3.03. The van der Waals surface area contributed by atoms with Gasteiger partial charge in [0.15, 0.2) is 5.58 Å². The van der Waals surface area contributed by atoms with Crippen LogP contribution in [0.4, 0.5) is 10.1 Å². The molecule has 3 aromatic rings. The van der Waals surface area contributed by atoms with Crippen LogP contribution < -0.4 is 4.90 Å². The van der Waals surface area contributed by atoms with Crippen molar-refractivity contribution in [1.82, 2.24) is 9.88 Å². The fourth-order valence-corrected chi connectivity index (χ4v) is 3.03. The van der Waals surface area contributed by atoms with Crippen molar-refractivity contribution in [2.45, 2.75) is 6.54 Å². The lowest BCUT2D eigenvalue weighted by atomic mass is 10.2. The number of nitrogens with zero attached hydrogens (tertiary/aromatic N) is 3. The van der Waals surface area contributed by atoms with Gasteiger partial charge in [-0.25, -0.2) is 9.37 Å². The molecule has 0 spiro atoms. The molecule has 0 aliphatic carbocycles. The Morgan fingerprint density at radius 1 is 0.957 bits per heavy atom. The largest absolute Gasteiger partial charge is 0.439 e. The molecule has 0 bridgehead atoms. The Morgan fingerprint density at radius 3 is 2.48 bits per heavy atom. The summed E-state index contributed by atoms with van der Waals surface area (Å²) in [6, 6.07) is 14.8. The lowest BCUT2D eigenvalue weighted by Gasteiger charge is -2.35. The Kier molecular flexibility index (Phi) is 3.71. The number of benzene rings is 2. The van der Waals surface area contributed by atoms with Gasteiger partial charge in [-0.3, -0.25) is 4.90 Å². The molecular formula is C18H18FN3O. The Labute approximate surface area is 134 Å². The van der Waals surface area contributed by atoms with E-state index < -0.39 is 0 Å². The molecule has 2 aromatic carbocycles. The highest BCUT2D eigenvalue weighted by Gasteiger charge is 2.20. The highest BCUT2D eigenvalue weighted by molar-refractivity contribution is 5.72. The summed E-state index contributed by atoms with van der Waals surface area (Å²) in [5, 5.41) is 0. The molecule has 5 heteroatoms. The van der Waals surface area contributed by atoms with Crippen LogP contribution in [-0.2, 0) is 6.54 Å². The quantitative estimate of drug-likeness (QED) is 0.743. The smallest absolute Gasteiger partial charge is 0.209 e. The molecule has 1 aliphatic heterocycles. The van der Waals surface area contributed by atoms with Gasteiger partial charge >= 0.3 is 0 Å². The maximum Gasteiger partial charge on any atom is 0.209 e. The van der Waals surface area contributed by atoms with E-state index in [1.165, 1.54) is 6.07 Å². The summed E-state index contributed by atoms with van der Waals surface area (Å²) in [5.74, 6) is 0.588. The zero-order chi connectivity index (χ0) is 15.6. The number of oxazole rings is 1. The molecule has 1 aliphatic rings. The van der Waals surface area contributed by atoms with Gasteiger partial charge in [0, 0.05) is 26.2 Å². The van der Waals surface area contributed by atoms with Gasteiger partial charge in [-0.2, -0.15) is 0 Å². The van der Waals surface area contributed by atoms with E-state index in [2.05, 4.69) is 14.8 Å². The van der Waals surface area contributed by atoms with Crippen molar-refractivity contribution < 1.29 is 8.81 Å². The number of anilines is 1. The SMILES string of the molecule is Fc1ccccc1N1CCN(Cc2nc3ccccc3o2)CC1. The second-order valence-electron chi connectivity index (χ2n) is 5.79. The van der Waals surface area contributed by atoms with Crippen LogP contribution in [0.5, 0.6) is 0 Å². The van der Waals surface area contributed by atoms with Crippen molar-refractivity contribution in [1.29, 1.82) is 0 Å². The van der Waals surface area contributed by atoms with Gasteiger partial charge in [0.25, 0.3) is 0 Å². The molecule has 1 fully saturated rings. The van der Waals surface area contributed by atoms with Gasteiger partial charge < -0.3 is 9.32 Å². The Balaban J connectivity index is 1.41. The molecule has 0 saturated carbocycles. The maximum atomic E-state index is 13.9. The molecule has 0 unspecified atom stereocenters. The first-order valence-corrected chi connectivity index (χ1v) is 7.86. The molecule has 0 amide bonds. The standard InChI is InChI=1S/C18H18FN3O/c19-14-5-1-3-7-16(14)22-11-9-21(10-12-22)13-18-20-15-6-2-4-8-17(15)23-18/h1-8H,9-13H2. The minimum absolute atomic E-state index is 0.153. The first-order chi connectivity index (χ1) is 11.3. The number of halogens is 1. The molecule has 1 saturated heterocycles. The van der Waals surface area contributed by atoms with Crippen LogP contribution in [0.15, 0.2) is 52.9 Å². The predicted octanol–water partition coefficient (Wildman–Crippen LogP) is 3.29. The molecule has 23 heavy (non-hydrogen) atoms. The lowest BCUT2D eigenvalue weighted by molar-refractivity contribution is 0.228. The fraction of sp³-hybridized carbons (Fsp3) is 0.278. The van der Waals surface area contributed by atoms with Gasteiger partial charge in [0.2, 0.25) is 5.89 Å². The molecule has 2 heterocycles. The molecular weight excluding hydrogens is 293 g/mol. The summed E-state index contributed by atoms with van der Waals surface area (Å²) in [7, 11) is 0. The van der Waals surface area contributed by atoms with Gasteiger partial charge in [-0.15, -0.1) is 0 Å². The van der Waals surface area contributed by atoms with Crippen molar-refractivity contribution in [3.63, 3.8) is 0 Å². The topological polar surface area (TPSA) is 32.5 Å². The van der Waals surface area contributed by atoms with Crippen LogP contribution in [0.3, 0.4) is 0 Å². The van der Waals surface area contributed by atoms with Crippen LogP contribution in [0.2, 0.25) is 0 Å². The minimum atomic E-state index is -0.153. The number of piperazine rings is 1. The first kappa shape index (κ1) is 14.2. The van der Waals surface area contributed by atoms with E-state index in [9.17, 15) is 4.39 Å².